The molecule has 1 aromatic rings. The van der Waals surface area contributed by atoms with Crippen molar-refractivity contribution in [2.24, 2.45) is 11.7 Å². The molecule has 3 rings (SSSR count). The van der Waals surface area contributed by atoms with Gasteiger partial charge in [0, 0.05) is 5.56 Å². The zero-order valence-corrected chi connectivity index (χ0v) is 13.2. The number of thiocarbonyl (C=S) groups is 1. The van der Waals surface area contributed by atoms with Crippen LogP contribution >= 0.6 is 12.2 Å². The number of hydrogen-bond donors (Lipinski definition) is 3. The van der Waals surface area contributed by atoms with Crippen LogP contribution in [0.5, 0.6) is 0 Å². The number of β-lactam (4-membered cyclic amide) rings is 1. The highest BCUT2D eigenvalue weighted by atomic mass is 32.1. The normalized spacial score (nSPS) is 24.3. The van der Waals surface area contributed by atoms with E-state index in [1.54, 1.807) is 31.2 Å². The standard InChI is InChI=1S/C16H16N2O4S/c1-7(19)12-11-6-10(13(16(21)22)18(11)15(12)20)8-2-4-9(5-3-8)14(17)23/h2-5,7,11-12,19H,6H2,1H3,(H2,17,23)(H,21,22)/t7-,11?,12?/m1/s1. The molecule has 6 nitrogen and oxygen atoms in total. The first-order valence-electron chi connectivity index (χ1n) is 7.20. The lowest BCUT2D eigenvalue weighted by Gasteiger charge is -2.44. The van der Waals surface area contributed by atoms with Gasteiger partial charge in [-0.2, -0.15) is 0 Å². The van der Waals surface area contributed by atoms with Crippen molar-refractivity contribution in [3.63, 3.8) is 0 Å². The molecule has 2 aliphatic rings. The van der Waals surface area contributed by atoms with Crippen LogP contribution in [0.2, 0.25) is 0 Å². The zero-order valence-electron chi connectivity index (χ0n) is 12.4. The molecule has 1 aromatic carbocycles. The predicted molar refractivity (Wildman–Crippen MR) is 87.3 cm³/mol. The van der Waals surface area contributed by atoms with Crippen LogP contribution in [-0.2, 0) is 9.59 Å². The van der Waals surface area contributed by atoms with Crippen LogP contribution in [-0.4, -0.2) is 44.1 Å². The van der Waals surface area contributed by atoms with Gasteiger partial charge < -0.3 is 20.8 Å². The molecule has 0 aliphatic carbocycles. The van der Waals surface area contributed by atoms with Crippen LogP contribution in [0.3, 0.4) is 0 Å². The molecular weight excluding hydrogens is 316 g/mol. The fraction of sp³-hybridized carbons (Fsp3) is 0.312. The molecule has 2 heterocycles. The molecule has 0 radical (unpaired) electrons. The number of amides is 1. The summed E-state index contributed by atoms with van der Waals surface area (Å²) in [6.45, 7) is 1.55. The summed E-state index contributed by atoms with van der Waals surface area (Å²) < 4.78 is 0. The van der Waals surface area contributed by atoms with E-state index in [2.05, 4.69) is 0 Å². The molecule has 0 aromatic heterocycles. The van der Waals surface area contributed by atoms with Crippen LogP contribution in [0.25, 0.3) is 5.57 Å². The van der Waals surface area contributed by atoms with E-state index in [0.717, 1.165) is 0 Å². The molecule has 4 N–H and O–H groups in total. The number of nitrogens with zero attached hydrogens (tertiary/aromatic N) is 1. The van der Waals surface area contributed by atoms with E-state index in [9.17, 15) is 19.8 Å². The molecular formula is C16H16N2O4S. The Balaban J connectivity index is 1.99. The Kier molecular flexibility index (Phi) is 3.69. The van der Waals surface area contributed by atoms with Gasteiger partial charge in [0.2, 0.25) is 5.91 Å². The SMILES string of the molecule is C[C@@H](O)C1C(=O)N2C(C(=O)O)=C(c3ccc(C(N)=S)cc3)CC12. The molecule has 120 valence electrons. The number of aliphatic hydroxyl groups excluding tert-OH is 1. The van der Waals surface area contributed by atoms with Gasteiger partial charge in [-0.05, 0) is 24.5 Å². The van der Waals surface area contributed by atoms with Gasteiger partial charge in [-0.15, -0.1) is 0 Å². The number of hydrogen-bond acceptors (Lipinski definition) is 4. The van der Waals surface area contributed by atoms with Gasteiger partial charge in [0.25, 0.3) is 0 Å². The first-order chi connectivity index (χ1) is 10.8. The van der Waals surface area contributed by atoms with Gasteiger partial charge in [-0.1, -0.05) is 36.5 Å². The lowest BCUT2D eigenvalue weighted by atomic mass is 9.82. The van der Waals surface area contributed by atoms with Crippen molar-refractivity contribution in [1.82, 2.24) is 4.90 Å². The molecule has 0 saturated carbocycles. The smallest absolute Gasteiger partial charge is 0.352 e. The Morgan fingerprint density at radius 1 is 1.39 bits per heavy atom. The van der Waals surface area contributed by atoms with E-state index in [-0.39, 0.29) is 22.6 Å². The maximum Gasteiger partial charge on any atom is 0.352 e. The zero-order chi connectivity index (χ0) is 16.9. The second-order valence-corrected chi connectivity index (χ2v) is 6.26. The topological polar surface area (TPSA) is 104 Å². The number of nitrogens with two attached hydrogens (primary N) is 1. The number of aliphatic hydroxyl groups is 1. The highest BCUT2D eigenvalue weighted by Gasteiger charge is 2.56. The molecule has 0 bridgehead atoms. The van der Waals surface area contributed by atoms with Gasteiger partial charge in [-0.3, -0.25) is 4.79 Å². The summed E-state index contributed by atoms with van der Waals surface area (Å²) in [5.41, 5.74) is 7.56. The van der Waals surface area contributed by atoms with Gasteiger partial charge >= 0.3 is 5.97 Å². The number of aliphatic carboxylic acids is 1. The van der Waals surface area contributed by atoms with Crippen LogP contribution in [0.15, 0.2) is 30.0 Å². The van der Waals surface area contributed by atoms with Crippen LogP contribution in [0.1, 0.15) is 24.5 Å². The van der Waals surface area contributed by atoms with Crippen molar-refractivity contribution in [3.05, 3.63) is 41.1 Å². The third kappa shape index (κ3) is 2.32. The number of carbonyl (C=O) groups excluding carboxylic acids is 1. The molecule has 23 heavy (non-hydrogen) atoms. The summed E-state index contributed by atoms with van der Waals surface area (Å²) in [6, 6.07) is 6.67. The number of carbonyl (C=O) groups is 2. The highest BCUT2D eigenvalue weighted by Crippen LogP contribution is 2.46. The summed E-state index contributed by atoms with van der Waals surface area (Å²) in [5, 5.41) is 19.2. The quantitative estimate of drug-likeness (QED) is 0.555. The molecule has 2 aliphatic heterocycles. The lowest BCUT2D eigenvalue weighted by molar-refractivity contribution is -0.161. The molecule has 7 heteroatoms. The largest absolute Gasteiger partial charge is 0.477 e. The van der Waals surface area contributed by atoms with Crippen molar-refractivity contribution in [3.8, 4) is 0 Å². The minimum Gasteiger partial charge on any atom is -0.477 e. The fourth-order valence-corrected chi connectivity index (χ4v) is 3.50. The average molecular weight is 332 g/mol. The predicted octanol–water partition coefficient (Wildman–Crippen LogP) is 0.728. The minimum absolute atomic E-state index is 0.0000231. The van der Waals surface area contributed by atoms with E-state index in [4.69, 9.17) is 18.0 Å². The van der Waals surface area contributed by atoms with Crippen molar-refractivity contribution in [1.29, 1.82) is 0 Å². The number of rotatable bonds is 4. The summed E-state index contributed by atoms with van der Waals surface area (Å²) in [6.07, 6.45) is -0.384. The van der Waals surface area contributed by atoms with Crippen LogP contribution in [0, 0.1) is 5.92 Å². The number of fused-ring (bicyclic) bond motifs is 1. The van der Waals surface area contributed by atoms with E-state index < -0.39 is 18.0 Å². The van der Waals surface area contributed by atoms with E-state index >= 15 is 0 Å². The minimum atomic E-state index is -1.14. The van der Waals surface area contributed by atoms with Gasteiger partial charge in [0.15, 0.2) is 0 Å². The Hall–Kier alpha value is -2.25. The molecule has 2 unspecified atom stereocenters. The Morgan fingerprint density at radius 2 is 2.00 bits per heavy atom. The number of carboxylic acids is 1. The van der Waals surface area contributed by atoms with Gasteiger partial charge in [0.1, 0.15) is 10.7 Å². The van der Waals surface area contributed by atoms with Crippen molar-refractivity contribution in [2.45, 2.75) is 25.5 Å². The molecule has 3 atom stereocenters. The van der Waals surface area contributed by atoms with Crippen molar-refractivity contribution < 1.29 is 19.8 Å². The fourth-order valence-electron chi connectivity index (χ4n) is 3.36. The van der Waals surface area contributed by atoms with Crippen molar-refractivity contribution >= 4 is 34.7 Å². The first-order valence-corrected chi connectivity index (χ1v) is 7.61. The summed E-state index contributed by atoms with van der Waals surface area (Å²) in [5.74, 6) is -2.02. The molecule has 1 amide bonds. The second kappa shape index (κ2) is 5.43. The lowest BCUT2D eigenvalue weighted by Crippen LogP contribution is -2.61. The summed E-state index contributed by atoms with van der Waals surface area (Å²) in [7, 11) is 0. The van der Waals surface area contributed by atoms with E-state index in [0.29, 0.717) is 23.1 Å². The van der Waals surface area contributed by atoms with Gasteiger partial charge in [0.05, 0.1) is 18.1 Å². The molecule has 1 fully saturated rings. The number of carboxylic acid groups (broad SMARTS) is 1. The third-order valence-electron chi connectivity index (χ3n) is 4.45. The van der Waals surface area contributed by atoms with Crippen LogP contribution < -0.4 is 5.73 Å². The highest BCUT2D eigenvalue weighted by molar-refractivity contribution is 7.80. The average Bonchev–Trinajstić information content (AvgIpc) is 2.82. The summed E-state index contributed by atoms with van der Waals surface area (Å²) >= 11 is 4.90. The maximum absolute atomic E-state index is 12.2. The Labute approximate surface area is 138 Å². The molecule has 1 saturated heterocycles. The summed E-state index contributed by atoms with van der Waals surface area (Å²) in [4.78, 5) is 25.3. The maximum atomic E-state index is 12.2. The van der Waals surface area contributed by atoms with E-state index in [1.807, 2.05) is 0 Å². The first kappa shape index (κ1) is 15.6. The van der Waals surface area contributed by atoms with Crippen molar-refractivity contribution in [2.75, 3.05) is 0 Å². The Bertz CT molecular complexity index is 739. The van der Waals surface area contributed by atoms with Gasteiger partial charge in [-0.25, -0.2) is 4.79 Å². The second-order valence-electron chi connectivity index (χ2n) is 5.82. The third-order valence-corrected chi connectivity index (χ3v) is 4.68. The monoisotopic (exact) mass is 332 g/mol. The number of benzene rings is 1. The van der Waals surface area contributed by atoms with Crippen LogP contribution in [0.4, 0.5) is 0 Å². The van der Waals surface area contributed by atoms with E-state index in [1.165, 1.54) is 4.90 Å². The molecule has 0 spiro atoms. The Morgan fingerprint density at radius 3 is 2.48 bits per heavy atom.